The second-order valence-corrected chi connectivity index (χ2v) is 4.10. The van der Waals surface area contributed by atoms with E-state index in [1.54, 1.807) is 11.6 Å². The predicted octanol–water partition coefficient (Wildman–Crippen LogP) is 0.631. The number of nitrogens with one attached hydrogen (secondary N) is 1. The van der Waals surface area contributed by atoms with E-state index in [0.717, 1.165) is 17.7 Å². The molecule has 1 aromatic heterocycles. The Bertz CT molecular complexity index is 412. The van der Waals surface area contributed by atoms with Crippen LogP contribution >= 0.6 is 0 Å². The lowest BCUT2D eigenvalue weighted by Gasteiger charge is -2.20. The molecule has 2 rings (SSSR count). The lowest BCUT2D eigenvalue weighted by molar-refractivity contribution is 0.0517. The molecule has 0 amide bonds. The summed E-state index contributed by atoms with van der Waals surface area (Å²) < 4.78 is 6.78. The molecule has 16 heavy (non-hydrogen) atoms. The van der Waals surface area contributed by atoms with Crippen LogP contribution in [0.5, 0.6) is 0 Å². The zero-order chi connectivity index (χ0) is 11.7. The van der Waals surface area contributed by atoms with Crippen LogP contribution in [0.25, 0.3) is 0 Å². The third-order valence-electron chi connectivity index (χ3n) is 2.87. The molecular weight excluding hydrogens is 206 g/mol. The van der Waals surface area contributed by atoms with Crippen molar-refractivity contribution in [2.24, 2.45) is 7.05 Å². The predicted molar refractivity (Wildman–Crippen MR) is 59.2 cm³/mol. The maximum atomic E-state index is 11.7. The fourth-order valence-electron chi connectivity index (χ4n) is 2.05. The van der Waals surface area contributed by atoms with Crippen LogP contribution in [0.3, 0.4) is 0 Å². The molecule has 0 aromatic carbocycles. The SMILES string of the molecule is CCOC(=O)c1nn(C)c2c1CN[C@H](C)C2. The van der Waals surface area contributed by atoms with Crippen LogP contribution in [0, 0.1) is 0 Å². The van der Waals surface area contributed by atoms with Crippen molar-refractivity contribution in [1.82, 2.24) is 15.1 Å². The van der Waals surface area contributed by atoms with E-state index in [-0.39, 0.29) is 5.97 Å². The van der Waals surface area contributed by atoms with Gasteiger partial charge in [0.2, 0.25) is 0 Å². The number of aryl methyl sites for hydroxylation is 1. The Morgan fingerprint density at radius 1 is 1.69 bits per heavy atom. The Labute approximate surface area is 94.8 Å². The lowest BCUT2D eigenvalue weighted by atomic mass is 10.0. The number of carbonyl (C=O) groups excluding carboxylic acids is 1. The molecule has 2 heterocycles. The highest BCUT2D eigenvalue weighted by atomic mass is 16.5. The summed E-state index contributed by atoms with van der Waals surface area (Å²) in [5.74, 6) is -0.323. The van der Waals surface area contributed by atoms with Gasteiger partial charge in [0.25, 0.3) is 0 Å². The molecule has 1 atom stereocenters. The third kappa shape index (κ3) is 1.82. The lowest BCUT2D eigenvalue weighted by Crippen LogP contribution is -2.33. The molecule has 0 spiro atoms. The summed E-state index contributed by atoms with van der Waals surface area (Å²) in [6.45, 7) is 5.00. The van der Waals surface area contributed by atoms with Crippen LogP contribution in [0.4, 0.5) is 0 Å². The Kier molecular flexibility index (Phi) is 2.96. The molecule has 1 aliphatic heterocycles. The molecule has 1 N–H and O–H groups in total. The summed E-state index contributed by atoms with van der Waals surface area (Å²) in [5.41, 5.74) is 2.58. The number of nitrogens with zero attached hydrogens (tertiary/aromatic N) is 2. The maximum Gasteiger partial charge on any atom is 0.359 e. The molecule has 1 aliphatic rings. The Morgan fingerprint density at radius 3 is 3.12 bits per heavy atom. The molecule has 0 unspecified atom stereocenters. The van der Waals surface area contributed by atoms with Gasteiger partial charge < -0.3 is 10.1 Å². The molecule has 0 saturated carbocycles. The van der Waals surface area contributed by atoms with E-state index in [1.807, 2.05) is 7.05 Å². The van der Waals surface area contributed by atoms with E-state index in [0.29, 0.717) is 24.9 Å². The van der Waals surface area contributed by atoms with Crippen LogP contribution in [-0.2, 0) is 24.8 Å². The Morgan fingerprint density at radius 2 is 2.44 bits per heavy atom. The van der Waals surface area contributed by atoms with Crippen molar-refractivity contribution < 1.29 is 9.53 Å². The first-order valence-corrected chi connectivity index (χ1v) is 5.58. The van der Waals surface area contributed by atoms with Crippen molar-refractivity contribution in [3.8, 4) is 0 Å². The normalized spacial score (nSPS) is 19.3. The van der Waals surface area contributed by atoms with Gasteiger partial charge >= 0.3 is 5.97 Å². The Hall–Kier alpha value is -1.36. The number of hydrogen-bond donors (Lipinski definition) is 1. The highest BCUT2D eigenvalue weighted by molar-refractivity contribution is 5.89. The zero-order valence-electron chi connectivity index (χ0n) is 9.91. The van der Waals surface area contributed by atoms with Crippen LogP contribution in [0.1, 0.15) is 35.6 Å². The molecule has 5 nitrogen and oxygen atoms in total. The van der Waals surface area contributed by atoms with Crippen molar-refractivity contribution in [2.45, 2.75) is 32.9 Å². The molecule has 0 saturated heterocycles. The minimum Gasteiger partial charge on any atom is -0.461 e. The Balaban J connectivity index is 2.35. The quantitative estimate of drug-likeness (QED) is 0.747. The van der Waals surface area contributed by atoms with Crippen molar-refractivity contribution in [2.75, 3.05) is 6.61 Å². The fraction of sp³-hybridized carbons (Fsp3) is 0.636. The van der Waals surface area contributed by atoms with Crippen molar-refractivity contribution in [3.63, 3.8) is 0 Å². The largest absolute Gasteiger partial charge is 0.461 e. The van der Waals surface area contributed by atoms with E-state index in [9.17, 15) is 4.79 Å². The summed E-state index contributed by atoms with van der Waals surface area (Å²) in [5, 5.41) is 7.58. The molecule has 5 heteroatoms. The van der Waals surface area contributed by atoms with Gasteiger partial charge in [0.15, 0.2) is 5.69 Å². The summed E-state index contributed by atoms with van der Waals surface area (Å²) in [4.78, 5) is 11.7. The molecule has 88 valence electrons. The summed E-state index contributed by atoms with van der Waals surface area (Å²) in [6, 6.07) is 0.429. The van der Waals surface area contributed by atoms with Crippen molar-refractivity contribution >= 4 is 5.97 Å². The minimum atomic E-state index is -0.323. The van der Waals surface area contributed by atoms with Gasteiger partial charge in [-0.3, -0.25) is 4.68 Å². The fourth-order valence-corrected chi connectivity index (χ4v) is 2.05. The summed E-state index contributed by atoms with van der Waals surface area (Å²) in [7, 11) is 1.87. The van der Waals surface area contributed by atoms with Gasteiger partial charge in [0.1, 0.15) is 0 Å². The number of hydrogen-bond acceptors (Lipinski definition) is 4. The van der Waals surface area contributed by atoms with E-state index in [2.05, 4.69) is 17.3 Å². The summed E-state index contributed by atoms with van der Waals surface area (Å²) in [6.07, 6.45) is 0.901. The minimum absolute atomic E-state index is 0.323. The van der Waals surface area contributed by atoms with Crippen LogP contribution in [0.15, 0.2) is 0 Å². The smallest absolute Gasteiger partial charge is 0.359 e. The van der Waals surface area contributed by atoms with Crippen LogP contribution in [0.2, 0.25) is 0 Å². The van der Waals surface area contributed by atoms with Gasteiger partial charge in [-0.15, -0.1) is 0 Å². The summed E-state index contributed by atoms with van der Waals surface area (Å²) >= 11 is 0. The second-order valence-electron chi connectivity index (χ2n) is 4.10. The number of esters is 1. The maximum absolute atomic E-state index is 11.7. The third-order valence-corrected chi connectivity index (χ3v) is 2.87. The van der Waals surface area contributed by atoms with E-state index in [4.69, 9.17) is 4.74 Å². The monoisotopic (exact) mass is 223 g/mol. The molecule has 0 fully saturated rings. The average molecular weight is 223 g/mol. The van der Waals surface area contributed by atoms with Gasteiger partial charge in [-0.2, -0.15) is 5.10 Å². The van der Waals surface area contributed by atoms with Crippen LogP contribution < -0.4 is 5.32 Å². The number of carbonyl (C=O) groups is 1. The standard InChI is InChI=1S/C11H17N3O2/c1-4-16-11(15)10-8-6-12-7(2)5-9(8)14(3)13-10/h7,12H,4-6H2,1-3H3/t7-/m1/s1. The topological polar surface area (TPSA) is 56.1 Å². The van der Waals surface area contributed by atoms with Gasteiger partial charge in [-0.25, -0.2) is 4.79 Å². The van der Waals surface area contributed by atoms with Gasteiger partial charge in [0.05, 0.1) is 6.61 Å². The van der Waals surface area contributed by atoms with Gasteiger partial charge in [-0.1, -0.05) is 0 Å². The first kappa shape index (κ1) is 11.1. The zero-order valence-corrected chi connectivity index (χ0v) is 9.91. The van der Waals surface area contributed by atoms with Crippen molar-refractivity contribution in [1.29, 1.82) is 0 Å². The number of rotatable bonds is 2. The number of fused-ring (bicyclic) bond motifs is 1. The van der Waals surface area contributed by atoms with Gasteiger partial charge in [-0.05, 0) is 13.8 Å². The second kappa shape index (κ2) is 4.25. The first-order chi connectivity index (χ1) is 7.63. The average Bonchev–Trinajstić information content (AvgIpc) is 2.56. The number of aromatic nitrogens is 2. The molecule has 0 aliphatic carbocycles. The molecule has 1 aromatic rings. The molecule has 0 radical (unpaired) electrons. The van der Waals surface area contributed by atoms with Crippen molar-refractivity contribution in [3.05, 3.63) is 17.0 Å². The van der Waals surface area contributed by atoms with E-state index in [1.165, 1.54) is 0 Å². The van der Waals surface area contributed by atoms with Gasteiger partial charge in [0, 0.05) is 37.3 Å². The highest BCUT2D eigenvalue weighted by Gasteiger charge is 2.26. The van der Waals surface area contributed by atoms with Crippen LogP contribution in [-0.4, -0.2) is 28.4 Å². The highest BCUT2D eigenvalue weighted by Crippen LogP contribution is 2.20. The van der Waals surface area contributed by atoms with E-state index >= 15 is 0 Å². The molecule has 0 bridgehead atoms. The first-order valence-electron chi connectivity index (χ1n) is 5.58. The molecular formula is C11H17N3O2. The number of ether oxygens (including phenoxy) is 1. The van der Waals surface area contributed by atoms with E-state index < -0.39 is 0 Å².